The molecule has 1 aliphatic heterocycles. The lowest BCUT2D eigenvalue weighted by molar-refractivity contribution is -0.142. The number of benzene rings is 3. The second-order valence-electron chi connectivity index (χ2n) is 8.65. The molecule has 4 rings (SSSR count). The van der Waals surface area contributed by atoms with E-state index < -0.39 is 23.1 Å². The number of carboxylic acids is 1. The van der Waals surface area contributed by atoms with Gasteiger partial charge in [-0.15, -0.1) is 0 Å². The van der Waals surface area contributed by atoms with Crippen LogP contribution in [-0.2, 0) is 10.2 Å². The van der Waals surface area contributed by atoms with Gasteiger partial charge in [-0.1, -0.05) is 35.3 Å². The molecule has 0 spiro atoms. The van der Waals surface area contributed by atoms with Crippen LogP contribution in [0.25, 0.3) is 0 Å². The molecule has 1 aliphatic rings. The molecule has 0 fully saturated rings. The molecule has 0 unspecified atom stereocenters. The van der Waals surface area contributed by atoms with Gasteiger partial charge in [-0.05, 0) is 56.3 Å². The topological polar surface area (TPSA) is 94.1 Å². The summed E-state index contributed by atoms with van der Waals surface area (Å²) in [7, 11) is 0. The van der Waals surface area contributed by atoms with Gasteiger partial charge in [0.1, 0.15) is 24.8 Å². The summed E-state index contributed by atoms with van der Waals surface area (Å²) in [6, 6.07) is 13.9. The fourth-order valence-electron chi connectivity index (χ4n) is 3.58. The number of carbonyl (C=O) groups is 2. The molecule has 1 atom stereocenters. The number of aliphatic carboxylic acids is 1. The van der Waals surface area contributed by atoms with Crippen LogP contribution in [0.2, 0.25) is 10.0 Å². The van der Waals surface area contributed by atoms with E-state index in [9.17, 15) is 19.1 Å². The molecule has 0 radical (unpaired) electrons. The standard InChI is InChI=1S/C26H22Cl2FNO6/c1-26(2,25(32)33)17-9-14(7-8-20(17)29)30-24(31)23-18(27)10-15(11-19(23)28)34-12-16-13-35-21-5-3-4-6-22(21)36-16/h3-11,16H,12-13H2,1-2H3,(H,30,31)(H,32,33)/t16-/m1/s1. The molecule has 188 valence electrons. The van der Waals surface area contributed by atoms with E-state index in [2.05, 4.69) is 5.32 Å². The Bertz CT molecular complexity index is 1310. The minimum atomic E-state index is -1.51. The van der Waals surface area contributed by atoms with Gasteiger partial charge in [0.25, 0.3) is 5.91 Å². The molecule has 1 heterocycles. The number of nitrogens with one attached hydrogen (secondary N) is 1. The maximum atomic E-state index is 14.3. The third kappa shape index (κ3) is 5.34. The number of carboxylic acid groups (broad SMARTS) is 1. The van der Waals surface area contributed by atoms with Crippen LogP contribution in [-0.4, -0.2) is 36.3 Å². The molecule has 0 bridgehead atoms. The number of carbonyl (C=O) groups excluding carboxylic acids is 1. The van der Waals surface area contributed by atoms with Crippen LogP contribution in [0.15, 0.2) is 54.6 Å². The second-order valence-corrected chi connectivity index (χ2v) is 9.46. The Morgan fingerprint density at radius 2 is 1.78 bits per heavy atom. The van der Waals surface area contributed by atoms with Gasteiger partial charge in [0, 0.05) is 11.3 Å². The molecule has 3 aromatic rings. The zero-order valence-corrected chi connectivity index (χ0v) is 20.8. The largest absolute Gasteiger partial charge is 0.489 e. The first kappa shape index (κ1) is 25.6. The third-order valence-electron chi connectivity index (χ3n) is 5.68. The molecule has 2 N–H and O–H groups in total. The summed E-state index contributed by atoms with van der Waals surface area (Å²) in [5, 5.41) is 12.1. The molecule has 0 saturated heterocycles. The smallest absolute Gasteiger partial charge is 0.313 e. The highest BCUT2D eigenvalue weighted by Gasteiger charge is 2.32. The molecule has 1 amide bonds. The highest BCUT2D eigenvalue weighted by Crippen LogP contribution is 2.34. The molecular weight excluding hydrogens is 512 g/mol. The van der Waals surface area contributed by atoms with E-state index in [1.54, 1.807) is 6.07 Å². The Morgan fingerprint density at radius 1 is 1.11 bits per heavy atom. The van der Waals surface area contributed by atoms with Crippen molar-refractivity contribution in [3.63, 3.8) is 0 Å². The van der Waals surface area contributed by atoms with E-state index >= 15 is 0 Å². The SMILES string of the molecule is CC(C)(C(=O)O)c1cc(NC(=O)c2c(Cl)cc(OC[C@@H]3COc4ccccc4O3)cc2Cl)ccc1F. The lowest BCUT2D eigenvalue weighted by Gasteiger charge is -2.26. The van der Waals surface area contributed by atoms with Crippen LogP contribution < -0.4 is 19.5 Å². The van der Waals surface area contributed by atoms with Crippen molar-refractivity contribution < 1.29 is 33.3 Å². The van der Waals surface area contributed by atoms with Crippen LogP contribution in [0.5, 0.6) is 17.2 Å². The highest BCUT2D eigenvalue weighted by molar-refractivity contribution is 6.40. The number of halogens is 3. The summed E-state index contributed by atoms with van der Waals surface area (Å²) in [6.45, 7) is 3.20. The summed E-state index contributed by atoms with van der Waals surface area (Å²) in [6.07, 6.45) is -0.358. The first-order valence-electron chi connectivity index (χ1n) is 10.9. The van der Waals surface area contributed by atoms with Crippen molar-refractivity contribution in [2.24, 2.45) is 0 Å². The number of fused-ring (bicyclic) bond motifs is 1. The van der Waals surface area contributed by atoms with Gasteiger partial charge >= 0.3 is 5.97 Å². The van der Waals surface area contributed by atoms with Gasteiger partial charge in [0.05, 0.1) is 21.0 Å². The van der Waals surface area contributed by atoms with Gasteiger partial charge in [0.15, 0.2) is 17.6 Å². The van der Waals surface area contributed by atoms with Crippen molar-refractivity contribution in [2.75, 3.05) is 18.5 Å². The lowest BCUT2D eigenvalue weighted by atomic mass is 9.84. The van der Waals surface area contributed by atoms with Crippen molar-refractivity contribution in [3.05, 3.63) is 81.6 Å². The molecule has 0 aliphatic carbocycles. The van der Waals surface area contributed by atoms with Crippen LogP contribution in [0.1, 0.15) is 29.8 Å². The van der Waals surface area contributed by atoms with Gasteiger partial charge in [-0.25, -0.2) is 4.39 Å². The fraction of sp³-hybridized carbons (Fsp3) is 0.231. The van der Waals surface area contributed by atoms with Crippen LogP contribution in [0.3, 0.4) is 0 Å². The number of rotatable bonds is 7. The number of hydrogen-bond donors (Lipinski definition) is 2. The van der Waals surface area contributed by atoms with Crippen molar-refractivity contribution in [1.82, 2.24) is 0 Å². The van der Waals surface area contributed by atoms with Crippen LogP contribution >= 0.6 is 23.2 Å². The molecule has 36 heavy (non-hydrogen) atoms. The molecule has 3 aromatic carbocycles. The number of amides is 1. The van der Waals surface area contributed by atoms with E-state index in [1.807, 2.05) is 18.2 Å². The van der Waals surface area contributed by atoms with Gasteiger partial charge in [0.2, 0.25) is 0 Å². The number of hydrogen-bond acceptors (Lipinski definition) is 5. The van der Waals surface area contributed by atoms with Gasteiger partial charge in [-0.3, -0.25) is 9.59 Å². The number of anilines is 1. The minimum Gasteiger partial charge on any atom is -0.489 e. The minimum absolute atomic E-state index is 0.0137. The normalized spacial score (nSPS) is 14.8. The quantitative estimate of drug-likeness (QED) is 0.388. The van der Waals surface area contributed by atoms with Crippen LogP contribution in [0.4, 0.5) is 10.1 Å². The molecule has 7 nitrogen and oxygen atoms in total. The predicted octanol–water partition coefficient (Wildman–Crippen LogP) is 5.97. The zero-order valence-electron chi connectivity index (χ0n) is 19.3. The Morgan fingerprint density at radius 3 is 2.44 bits per heavy atom. The summed E-state index contributed by atoms with van der Waals surface area (Å²) in [5.41, 5.74) is -1.41. The van der Waals surface area contributed by atoms with E-state index in [1.165, 1.54) is 38.1 Å². The third-order valence-corrected chi connectivity index (χ3v) is 6.27. The summed E-state index contributed by atoms with van der Waals surface area (Å²) >= 11 is 12.7. The average molecular weight is 534 g/mol. The number of para-hydroxylation sites is 2. The van der Waals surface area contributed by atoms with Crippen molar-refractivity contribution >= 4 is 40.8 Å². The van der Waals surface area contributed by atoms with E-state index in [4.69, 9.17) is 37.4 Å². The highest BCUT2D eigenvalue weighted by atomic mass is 35.5. The fourth-order valence-corrected chi connectivity index (χ4v) is 4.21. The molecule has 10 heteroatoms. The first-order chi connectivity index (χ1) is 17.1. The molecular formula is C26H22Cl2FNO6. The van der Waals surface area contributed by atoms with Crippen LogP contribution in [0, 0.1) is 5.82 Å². The van der Waals surface area contributed by atoms with E-state index in [-0.39, 0.29) is 39.6 Å². The molecule has 0 saturated carbocycles. The van der Waals surface area contributed by atoms with E-state index in [0.717, 1.165) is 6.07 Å². The summed E-state index contributed by atoms with van der Waals surface area (Å²) < 4.78 is 31.6. The Balaban J connectivity index is 1.45. The van der Waals surface area contributed by atoms with Gasteiger partial charge < -0.3 is 24.6 Å². The molecule has 0 aromatic heterocycles. The Labute approximate surface area is 216 Å². The first-order valence-corrected chi connectivity index (χ1v) is 11.7. The average Bonchev–Trinajstić information content (AvgIpc) is 2.83. The zero-order chi connectivity index (χ0) is 26.0. The van der Waals surface area contributed by atoms with Gasteiger partial charge in [-0.2, -0.15) is 0 Å². The Hall–Kier alpha value is -3.49. The summed E-state index contributed by atoms with van der Waals surface area (Å²) in [5.74, 6) is -0.944. The Kier molecular flexibility index (Phi) is 7.28. The van der Waals surface area contributed by atoms with Crippen molar-refractivity contribution in [3.8, 4) is 17.2 Å². The predicted molar refractivity (Wildman–Crippen MR) is 133 cm³/mol. The maximum Gasteiger partial charge on any atom is 0.313 e. The second kappa shape index (κ2) is 10.2. The van der Waals surface area contributed by atoms with E-state index in [0.29, 0.717) is 23.9 Å². The summed E-state index contributed by atoms with van der Waals surface area (Å²) in [4.78, 5) is 24.4. The lowest BCUT2D eigenvalue weighted by Crippen LogP contribution is -2.34. The monoisotopic (exact) mass is 533 g/mol. The van der Waals surface area contributed by atoms with Crippen molar-refractivity contribution in [1.29, 1.82) is 0 Å². The maximum absolute atomic E-state index is 14.3. The van der Waals surface area contributed by atoms with Crippen molar-refractivity contribution in [2.45, 2.75) is 25.4 Å². The number of ether oxygens (including phenoxy) is 3.